The first-order valence-corrected chi connectivity index (χ1v) is 11.2. The summed E-state index contributed by atoms with van der Waals surface area (Å²) in [6, 6.07) is 7.35. The third-order valence-corrected chi connectivity index (χ3v) is 7.90. The fourth-order valence-corrected chi connectivity index (χ4v) is 6.36. The number of ether oxygens (including phenoxy) is 1. The first kappa shape index (κ1) is 19.2. The lowest BCUT2D eigenvalue weighted by Gasteiger charge is -2.39. The van der Waals surface area contributed by atoms with Crippen molar-refractivity contribution in [3.63, 3.8) is 0 Å². The number of rotatable bonds is 5. The SMILES string of the molecule is FC(F)Oc1ccc([C@H]2CC[C@H]([C@H]3CC[C@H](C4CCCC4)CC3)CC2)cc1. The Balaban J connectivity index is 1.23. The van der Waals surface area contributed by atoms with E-state index >= 15 is 0 Å². The Morgan fingerprint density at radius 2 is 1.07 bits per heavy atom. The van der Waals surface area contributed by atoms with Crippen LogP contribution in [0.3, 0.4) is 0 Å². The van der Waals surface area contributed by atoms with Crippen LogP contribution < -0.4 is 4.74 Å². The molecule has 27 heavy (non-hydrogen) atoms. The Labute approximate surface area is 162 Å². The minimum atomic E-state index is -2.74. The second-order valence-corrected chi connectivity index (χ2v) is 9.28. The van der Waals surface area contributed by atoms with E-state index in [-0.39, 0.29) is 5.75 Å². The molecule has 1 aromatic rings. The van der Waals surface area contributed by atoms with Crippen LogP contribution in [0.5, 0.6) is 5.75 Å². The number of hydrogen-bond acceptors (Lipinski definition) is 1. The van der Waals surface area contributed by atoms with Crippen molar-refractivity contribution in [2.24, 2.45) is 23.7 Å². The highest BCUT2D eigenvalue weighted by molar-refractivity contribution is 5.29. The molecule has 3 aliphatic rings. The molecule has 3 aliphatic carbocycles. The van der Waals surface area contributed by atoms with E-state index in [9.17, 15) is 8.78 Å². The summed E-state index contributed by atoms with van der Waals surface area (Å²) in [4.78, 5) is 0. The van der Waals surface area contributed by atoms with Crippen LogP contribution in [0.2, 0.25) is 0 Å². The van der Waals surface area contributed by atoms with Crippen molar-refractivity contribution in [1.82, 2.24) is 0 Å². The van der Waals surface area contributed by atoms with Crippen LogP contribution in [0.4, 0.5) is 8.78 Å². The minimum Gasteiger partial charge on any atom is -0.435 e. The molecule has 1 aromatic carbocycles. The average Bonchev–Trinajstić information content (AvgIpc) is 3.23. The summed E-state index contributed by atoms with van der Waals surface area (Å²) in [5, 5.41) is 0. The summed E-state index contributed by atoms with van der Waals surface area (Å²) in [6.45, 7) is -2.74. The summed E-state index contributed by atoms with van der Waals surface area (Å²) in [7, 11) is 0. The molecule has 0 atom stereocenters. The minimum absolute atomic E-state index is 0.265. The molecule has 0 radical (unpaired) electrons. The Hall–Kier alpha value is -1.12. The van der Waals surface area contributed by atoms with Crippen LogP contribution in [-0.4, -0.2) is 6.61 Å². The third-order valence-electron chi connectivity index (χ3n) is 7.90. The number of alkyl halides is 2. The average molecular weight is 377 g/mol. The lowest BCUT2D eigenvalue weighted by molar-refractivity contribution is -0.0498. The quantitative estimate of drug-likeness (QED) is 0.515. The van der Waals surface area contributed by atoms with Gasteiger partial charge in [-0.05, 0) is 98.7 Å². The number of halogens is 2. The molecule has 4 rings (SSSR count). The molecule has 0 saturated heterocycles. The molecule has 0 amide bonds. The largest absolute Gasteiger partial charge is 0.435 e. The Kier molecular flexibility index (Phi) is 6.35. The molecule has 0 heterocycles. The zero-order valence-electron chi connectivity index (χ0n) is 16.4. The molecule has 0 bridgehead atoms. The van der Waals surface area contributed by atoms with E-state index in [1.807, 2.05) is 12.1 Å². The van der Waals surface area contributed by atoms with E-state index in [0.717, 1.165) is 23.7 Å². The molecule has 3 heteroatoms. The van der Waals surface area contributed by atoms with Crippen molar-refractivity contribution in [3.05, 3.63) is 29.8 Å². The van der Waals surface area contributed by atoms with Crippen molar-refractivity contribution >= 4 is 0 Å². The predicted molar refractivity (Wildman–Crippen MR) is 105 cm³/mol. The molecule has 0 aliphatic heterocycles. The standard InChI is InChI=1S/C24H34F2O/c25-24(26)27-23-15-13-22(14-16-23)21-11-9-20(10-12-21)19-7-5-18(6-8-19)17-3-1-2-4-17/h13-21,24H,1-12H2/t18-,19-,20-,21-. The molecule has 3 saturated carbocycles. The molecule has 0 N–H and O–H groups in total. The van der Waals surface area contributed by atoms with Gasteiger partial charge in [0.1, 0.15) is 5.75 Å². The molecule has 0 unspecified atom stereocenters. The zero-order chi connectivity index (χ0) is 18.6. The highest BCUT2D eigenvalue weighted by Crippen LogP contribution is 2.47. The second kappa shape index (κ2) is 8.92. The maximum absolute atomic E-state index is 12.3. The first-order valence-electron chi connectivity index (χ1n) is 11.2. The van der Waals surface area contributed by atoms with Gasteiger partial charge in [-0.15, -0.1) is 0 Å². The van der Waals surface area contributed by atoms with E-state index in [0.29, 0.717) is 5.92 Å². The number of hydrogen-bond donors (Lipinski definition) is 0. The highest BCUT2D eigenvalue weighted by Gasteiger charge is 2.34. The van der Waals surface area contributed by atoms with Crippen molar-refractivity contribution in [1.29, 1.82) is 0 Å². The van der Waals surface area contributed by atoms with Gasteiger partial charge in [-0.3, -0.25) is 0 Å². The molecular formula is C24H34F2O. The lowest BCUT2D eigenvalue weighted by Crippen LogP contribution is -2.27. The van der Waals surface area contributed by atoms with Gasteiger partial charge < -0.3 is 4.74 Å². The Bertz CT molecular complexity index is 563. The number of benzene rings is 1. The van der Waals surface area contributed by atoms with E-state index < -0.39 is 6.61 Å². The predicted octanol–water partition coefficient (Wildman–Crippen LogP) is 7.56. The van der Waals surface area contributed by atoms with Gasteiger partial charge in [-0.25, -0.2) is 0 Å². The fourth-order valence-electron chi connectivity index (χ4n) is 6.36. The van der Waals surface area contributed by atoms with Crippen LogP contribution >= 0.6 is 0 Å². The molecule has 1 nitrogen and oxygen atoms in total. The Morgan fingerprint density at radius 1 is 0.630 bits per heavy atom. The molecular weight excluding hydrogens is 342 g/mol. The van der Waals surface area contributed by atoms with Crippen LogP contribution in [0, 0.1) is 23.7 Å². The topological polar surface area (TPSA) is 9.23 Å². The van der Waals surface area contributed by atoms with Gasteiger partial charge in [0.2, 0.25) is 0 Å². The Morgan fingerprint density at radius 3 is 1.56 bits per heavy atom. The van der Waals surface area contributed by atoms with E-state index in [1.54, 1.807) is 12.1 Å². The normalized spacial score (nSPS) is 32.7. The fraction of sp³-hybridized carbons (Fsp3) is 0.750. The maximum atomic E-state index is 12.3. The highest BCUT2D eigenvalue weighted by atomic mass is 19.3. The molecule has 150 valence electrons. The summed E-state index contributed by atoms with van der Waals surface area (Å²) >= 11 is 0. The van der Waals surface area contributed by atoms with E-state index in [2.05, 4.69) is 4.74 Å². The van der Waals surface area contributed by atoms with Crippen molar-refractivity contribution in [3.8, 4) is 5.75 Å². The third kappa shape index (κ3) is 4.84. The van der Waals surface area contributed by atoms with Crippen LogP contribution in [0.25, 0.3) is 0 Å². The van der Waals surface area contributed by atoms with Gasteiger partial charge in [-0.2, -0.15) is 8.78 Å². The zero-order valence-corrected chi connectivity index (χ0v) is 16.4. The van der Waals surface area contributed by atoms with Crippen LogP contribution in [0.1, 0.15) is 88.5 Å². The van der Waals surface area contributed by atoms with Gasteiger partial charge in [0.05, 0.1) is 0 Å². The second-order valence-electron chi connectivity index (χ2n) is 9.28. The van der Waals surface area contributed by atoms with E-state index in [4.69, 9.17) is 0 Å². The summed E-state index contributed by atoms with van der Waals surface area (Å²) in [5.41, 5.74) is 1.29. The van der Waals surface area contributed by atoms with Gasteiger partial charge in [-0.1, -0.05) is 37.8 Å². The smallest absolute Gasteiger partial charge is 0.387 e. The van der Waals surface area contributed by atoms with Crippen molar-refractivity contribution in [2.45, 2.75) is 89.6 Å². The first-order chi connectivity index (χ1) is 13.2. The van der Waals surface area contributed by atoms with Crippen molar-refractivity contribution in [2.75, 3.05) is 0 Å². The van der Waals surface area contributed by atoms with Crippen LogP contribution in [-0.2, 0) is 0 Å². The van der Waals surface area contributed by atoms with E-state index in [1.165, 1.54) is 82.6 Å². The monoisotopic (exact) mass is 376 g/mol. The summed E-state index contributed by atoms with van der Waals surface area (Å²) < 4.78 is 29.0. The molecule has 0 spiro atoms. The van der Waals surface area contributed by atoms with Gasteiger partial charge >= 0.3 is 6.61 Å². The lowest BCUT2D eigenvalue weighted by atomic mass is 9.66. The summed E-state index contributed by atoms with van der Waals surface area (Å²) in [5.74, 6) is 4.84. The molecule has 3 fully saturated rings. The maximum Gasteiger partial charge on any atom is 0.387 e. The summed E-state index contributed by atoms with van der Waals surface area (Å²) in [6.07, 6.45) is 17.1. The van der Waals surface area contributed by atoms with Crippen LogP contribution in [0.15, 0.2) is 24.3 Å². The van der Waals surface area contributed by atoms with Gasteiger partial charge in [0, 0.05) is 0 Å². The molecule has 0 aromatic heterocycles. The van der Waals surface area contributed by atoms with Gasteiger partial charge in [0.15, 0.2) is 0 Å². The van der Waals surface area contributed by atoms with Gasteiger partial charge in [0.25, 0.3) is 0 Å². The van der Waals surface area contributed by atoms with Crippen molar-refractivity contribution < 1.29 is 13.5 Å².